The summed E-state index contributed by atoms with van der Waals surface area (Å²) >= 11 is 1.51. The molecule has 28 heavy (non-hydrogen) atoms. The van der Waals surface area contributed by atoms with Crippen LogP contribution in [0.3, 0.4) is 0 Å². The fraction of sp³-hybridized carbons (Fsp3) is 0.238. The van der Waals surface area contributed by atoms with Crippen molar-refractivity contribution in [1.82, 2.24) is 24.7 Å². The first-order chi connectivity index (χ1) is 13.7. The van der Waals surface area contributed by atoms with E-state index in [1.165, 1.54) is 11.8 Å². The number of thioether (sulfide) groups is 1. The maximum atomic E-state index is 12.4. The highest BCUT2D eigenvalue weighted by atomic mass is 32.2. The molecule has 1 saturated carbocycles. The number of hydrogen-bond donors (Lipinski definition) is 1. The van der Waals surface area contributed by atoms with Gasteiger partial charge in [-0.15, -0.1) is 5.10 Å². The molecule has 0 bridgehead atoms. The Balaban J connectivity index is 1.47. The Kier molecular flexibility index (Phi) is 4.24. The summed E-state index contributed by atoms with van der Waals surface area (Å²) < 4.78 is 1.95. The number of nitrogens with one attached hydrogen (secondary N) is 1. The van der Waals surface area contributed by atoms with Crippen molar-refractivity contribution in [3.8, 4) is 5.69 Å². The predicted octanol–water partition coefficient (Wildman–Crippen LogP) is 4.23. The number of H-pyrrole nitrogens is 1. The second kappa shape index (κ2) is 6.91. The van der Waals surface area contributed by atoms with Crippen molar-refractivity contribution < 1.29 is 0 Å². The number of aromatic nitrogens is 5. The van der Waals surface area contributed by atoms with Crippen molar-refractivity contribution in [1.29, 1.82) is 0 Å². The molecule has 2 heterocycles. The van der Waals surface area contributed by atoms with Crippen molar-refractivity contribution in [3.05, 3.63) is 76.6 Å². The van der Waals surface area contributed by atoms with Gasteiger partial charge in [0, 0.05) is 5.92 Å². The third-order valence-electron chi connectivity index (χ3n) is 4.85. The molecule has 0 aliphatic heterocycles. The summed E-state index contributed by atoms with van der Waals surface area (Å²) in [6, 6.07) is 17.5. The smallest absolute Gasteiger partial charge is 0.258 e. The normalized spacial score (nSPS) is 15.0. The zero-order valence-corrected chi connectivity index (χ0v) is 16.2. The average Bonchev–Trinajstić information content (AvgIpc) is 3.49. The van der Waals surface area contributed by atoms with Gasteiger partial charge in [0.1, 0.15) is 11.6 Å². The van der Waals surface area contributed by atoms with Gasteiger partial charge in [0.25, 0.3) is 5.56 Å². The van der Waals surface area contributed by atoms with Gasteiger partial charge >= 0.3 is 0 Å². The molecule has 1 atom stereocenters. The number of fused-ring (bicyclic) bond motifs is 1. The van der Waals surface area contributed by atoms with Crippen LogP contribution in [0.25, 0.3) is 16.6 Å². The number of hydrogen-bond acceptors (Lipinski definition) is 5. The third kappa shape index (κ3) is 3.22. The fourth-order valence-electron chi connectivity index (χ4n) is 3.23. The molecular weight excluding hydrogens is 370 g/mol. The number of nitrogens with zero attached hydrogens (tertiary/aromatic N) is 4. The zero-order chi connectivity index (χ0) is 19.1. The molecule has 2 aromatic carbocycles. The van der Waals surface area contributed by atoms with Crippen molar-refractivity contribution in [2.24, 2.45) is 0 Å². The third-order valence-corrected chi connectivity index (χ3v) is 5.82. The Morgan fingerprint density at radius 1 is 1.07 bits per heavy atom. The van der Waals surface area contributed by atoms with E-state index in [0.29, 0.717) is 27.8 Å². The number of para-hydroxylation sites is 2. The molecular formula is C21H19N5OS. The molecule has 0 saturated heterocycles. The number of benzene rings is 2. The molecule has 1 fully saturated rings. The Bertz CT molecular complexity index is 1200. The van der Waals surface area contributed by atoms with E-state index in [1.807, 2.05) is 60.1 Å². The SMILES string of the molecule is CC(Sc1nc(C2CC2)n(-c2ccccc2)n1)c1nc2ccccc2c(=O)[nH]1. The molecule has 140 valence electrons. The van der Waals surface area contributed by atoms with Gasteiger partial charge in [-0.3, -0.25) is 4.79 Å². The van der Waals surface area contributed by atoms with Crippen LogP contribution in [0.15, 0.2) is 64.5 Å². The van der Waals surface area contributed by atoms with Gasteiger partial charge in [-0.2, -0.15) is 0 Å². The van der Waals surface area contributed by atoms with Crippen LogP contribution in [0, 0.1) is 0 Å². The van der Waals surface area contributed by atoms with E-state index in [0.717, 1.165) is 24.4 Å². The van der Waals surface area contributed by atoms with Crippen LogP contribution in [0.1, 0.15) is 42.6 Å². The Hall–Kier alpha value is -2.93. The van der Waals surface area contributed by atoms with Crippen LogP contribution in [-0.4, -0.2) is 24.7 Å². The number of rotatable bonds is 5. The topological polar surface area (TPSA) is 76.5 Å². The first-order valence-electron chi connectivity index (χ1n) is 9.37. The van der Waals surface area contributed by atoms with Crippen LogP contribution in [0.5, 0.6) is 0 Å². The van der Waals surface area contributed by atoms with E-state index in [9.17, 15) is 4.79 Å². The summed E-state index contributed by atoms with van der Waals surface area (Å²) in [5.74, 6) is 2.13. The summed E-state index contributed by atoms with van der Waals surface area (Å²) in [7, 11) is 0. The molecule has 1 N–H and O–H groups in total. The van der Waals surface area contributed by atoms with E-state index in [2.05, 4.69) is 9.97 Å². The standard InChI is InChI=1S/C21H19N5OS/c1-13(18-22-17-10-6-5-9-16(17)20(27)23-18)28-21-24-19(14-11-12-14)26(25-21)15-7-3-2-4-8-15/h2-10,13-14H,11-12H2,1H3,(H,22,23,27). The van der Waals surface area contributed by atoms with Gasteiger partial charge < -0.3 is 4.98 Å². The highest BCUT2D eigenvalue weighted by Gasteiger charge is 2.31. The molecule has 0 amide bonds. The summed E-state index contributed by atoms with van der Waals surface area (Å²) in [6.07, 6.45) is 2.31. The lowest BCUT2D eigenvalue weighted by molar-refractivity contribution is 0.781. The molecule has 1 aliphatic rings. The van der Waals surface area contributed by atoms with Crippen LogP contribution in [0.2, 0.25) is 0 Å². The molecule has 0 spiro atoms. The molecule has 1 aliphatic carbocycles. The quantitative estimate of drug-likeness (QED) is 0.517. The van der Waals surface area contributed by atoms with Crippen LogP contribution in [0.4, 0.5) is 0 Å². The van der Waals surface area contributed by atoms with Gasteiger partial charge in [-0.1, -0.05) is 42.1 Å². The summed E-state index contributed by atoms with van der Waals surface area (Å²) in [4.78, 5) is 24.7. The maximum Gasteiger partial charge on any atom is 0.258 e. The van der Waals surface area contributed by atoms with Gasteiger partial charge in [0.05, 0.1) is 21.8 Å². The highest BCUT2D eigenvalue weighted by Crippen LogP contribution is 2.41. The first-order valence-corrected chi connectivity index (χ1v) is 10.2. The predicted molar refractivity (Wildman–Crippen MR) is 110 cm³/mol. The molecule has 4 aromatic rings. The molecule has 6 nitrogen and oxygen atoms in total. The summed E-state index contributed by atoms with van der Waals surface area (Å²) in [5, 5.41) is 5.97. The molecule has 0 radical (unpaired) electrons. The van der Waals surface area contributed by atoms with Crippen molar-refractivity contribution in [2.45, 2.75) is 36.1 Å². The van der Waals surface area contributed by atoms with Crippen molar-refractivity contribution in [2.75, 3.05) is 0 Å². The lowest BCUT2D eigenvalue weighted by Crippen LogP contribution is -2.12. The van der Waals surface area contributed by atoms with Gasteiger partial charge in [0.2, 0.25) is 5.16 Å². The number of aromatic amines is 1. The minimum absolute atomic E-state index is 0.0732. The average molecular weight is 389 g/mol. The van der Waals surface area contributed by atoms with E-state index in [-0.39, 0.29) is 10.8 Å². The van der Waals surface area contributed by atoms with Gasteiger partial charge in [0.15, 0.2) is 0 Å². The van der Waals surface area contributed by atoms with E-state index in [1.54, 1.807) is 6.07 Å². The van der Waals surface area contributed by atoms with Gasteiger partial charge in [-0.25, -0.2) is 14.6 Å². The Labute approximate surface area is 166 Å². The Morgan fingerprint density at radius 3 is 2.61 bits per heavy atom. The van der Waals surface area contributed by atoms with E-state index in [4.69, 9.17) is 10.1 Å². The second-order valence-electron chi connectivity index (χ2n) is 7.00. The maximum absolute atomic E-state index is 12.4. The largest absolute Gasteiger partial charge is 0.309 e. The molecule has 5 rings (SSSR count). The Morgan fingerprint density at radius 2 is 1.82 bits per heavy atom. The monoisotopic (exact) mass is 389 g/mol. The van der Waals surface area contributed by atoms with Gasteiger partial charge in [-0.05, 0) is 44.0 Å². The zero-order valence-electron chi connectivity index (χ0n) is 15.4. The van der Waals surface area contributed by atoms with E-state index >= 15 is 0 Å². The van der Waals surface area contributed by atoms with Crippen molar-refractivity contribution >= 4 is 22.7 Å². The van der Waals surface area contributed by atoms with E-state index < -0.39 is 0 Å². The van der Waals surface area contributed by atoms with Crippen LogP contribution in [-0.2, 0) is 0 Å². The van der Waals surface area contributed by atoms with Crippen molar-refractivity contribution in [3.63, 3.8) is 0 Å². The molecule has 1 unspecified atom stereocenters. The minimum Gasteiger partial charge on any atom is -0.309 e. The molecule has 7 heteroatoms. The summed E-state index contributed by atoms with van der Waals surface area (Å²) in [5.41, 5.74) is 1.61. The molecule has 2 aromatic heterocycles. The fourth-order valence-corrected chi connectivity index (χ4v) is 4.04. The second-order valence-corrected chi connectivity index (χ2v) is 8.31. The van der Waals surface area contributed by atoms with Crippen LogP contribution < -0.4 is 5.56 Å². The lowest BCUT2D eigenvalue weighted by atomic mass is 10.2. The van der Waals surface area contributed by atoms with Crippen LogP contribution >= 0.6 is 11.8 Å². The minimum atomic E-state index is -0.116. The first kappa shape index (κ1) is 17.2. The highest BCUT2D eigenvalue weighted by molar-refractivity contribution is 7.99. The summed E-state index contributed by atoms with van der Waals surface area (Å²) in [6.45, 7) is 2.01. The lowest BCUT2D eigenvalue weighted by Gasteiger charge is -2.08.